The lowest BCUT2D eigenvalue weighted by molar-refractivity contribution is 0.102. The van der Waals surface area contributed by atoms with Gasteiger partial charge in [-0.15, -0.1) is 0 Å². The average molecular weight is 404 g/mol. The van der Waals surface area contributed by atoms with Crippen molar-refractivity contribution in [2.24, 2.45) is 0 Å². The molecule has 150 valence electrons. The van der Waals surface area contributed by atoms with Crippen LogP contribution in [-0.4, -0.2) is 45.8 Å². The van der Waals surface area contributed by atoms with Gasteiger partial charge in [0.25, 0.3) is 5.91 Å². The first-order valence-electron chi connectivity index (χ1n) is 8.50. The number of hydrogen-bond donors (Lipinski definition) is 3. The van der Waals surface area contributed by atoms with Crippen LogP contribution in [0.25, 0.3) is 0 Å². The fourth-order valence-corrected chi connectivity index (χ4v) is 3.67. The first-order valence-corrected chi connectivity index (χ1v) is 9.94. The van der Waals surface area contributed by atoms with Gasteiger partial charge >= 0.3 is 6.03 Å². The van der Waals surface area contributed by atoms with Gasteiger partial charge in [0, 0.05) is 38.1 Å². The van der Waals surface area contributed by atoms with E-state index in [2.05, 4.69) is 16.0 Å². The third kappa shape index (κ3) is 4.68. The monoisotopic (exact) mass is 404 g/mol. The van der Waals surface area contributed by atoms with Crippen molar-refractivity contribution < 1.29 is 18.0 Å². The lowest BCUT2D eigenvalue weighted by atomic mass is 10.1. The van der Waals surface area contributed by atoms with Gasteiger partial charge in [0.2, 0.25) is 10.0 Å². The molecule has 0 bridgehead atoms. The number of urea groups is 1. The van der Waals surface area contributed by atoms with Crippen molar-refractivity contribution in [3.8, 4) is 0 Å². The standard InChI is InChI=1S/C19H24N4O4S/c1-12-10-14(11-17(13(12)2)28(26,27)23(4)5)18(24)21-15-6-8-16(9-7-15)22-19(25)20-3/h6-11H,1-5H3,(H,21,24)(H2,20,22,25). The molecule has 0 aliphatic heterocycles. The van der Waals surface area contributed by atoms with Gasteiger partial charge in [0.15, 0.2) is 0 Å². The molecule has 2 rings (SSSR count). The van der Waals surface area contributed by atoms with Crippen LogP contribution in [0.4, 0.5) is 16.2 Å². The van der Waals surface area contributed by atoms with Crippen LogP contribution in [-0.2, 0) is 10.0 Å². The number of carbonyl (C=O) groups is 2. The van der Waals surface area contributed by atoms with Gasteiger partial charge in [-0.1, -0.05) is 0 Å². The maximum Gasteiger partial charge on any atom is 0.318 e. The number of carbonyl (C=O) groups excluding carboxylic acids is 2. The Labute approximate surface area is 165 Å². The molecule has 0 atom stereocenters. The summed E-state index contributed by atoms with van der Waals surface area (Å²) in [7, 11) is 0.740. The maximum atomic E-state index is 12.6. The molecule has 0 aliphatic rings. The number of hydrogen-bond acceptors (Lipinski definition) is 4. The zero-order valence-electron chi connectivity index (χ0n) is 16.5. The maximum absolute atomic E-state index is 12.6. The van der Waals surface area contributed by atoms with Crippen LogP contribution in [0.5, 0.6) is 0 Å². The molecule has 3 N–H and O–H groups in total. The minimum Gasteiger partial charge on any atom is -0.341 e. The van der Waals surface area contributed by atoms with Gasteiger partial charge in [-0.2, -0.15) is 0 Å². The third-order valence-corrected chi connectivity index (χ3v) is 6.21. The highest BCUT2D eigenvalue weighted by atomic mass is 32.2. The fourth-order valence-electron chi connectivity index (χ4n) is 2.46. The number of anilines is 2. The molecule has 0 fully saturated rings. The van der Waals surface area contributed by atoms with E-state index in [-0.39, 0.29) is 16.5 Å². The highest BCUT2D eigenvalue weighted by molar-refractivity contribution is 7.89. The second-order valence-electron chi connectivity index (χ2n) is 6.44. The predicted molar refractivity (Wildman–Crippen MR) is 109 cm³/mol. The summed E-state index contributed by atoms with van der Waals surface area (Å²) < 4.78 is 26.2. The highest BCUT2D eigenvalue weighted by Gasteiger charge is 2.23. The van der Waals surface area contributed by atoms with Crippen LogP contribution in [0, 0.1) is 13.8 Å². The Kier molecular flexibility index (Phi) is 6.42. The minimum atomic E-state index is -3.67. The zero-order chi connectivity index (χ0) is 21.1. The van der Waals surface area contributed by atoms with E-state index in [0.717, 1.165) is 4.31 Å². The van der Waals surface area contributed by atoms with Crippen LogP contribution < -0.4 is 16.0 Å². The fraction of sp³-hybridized carbons (Fsp3) is 0.263. The molecule has 0 spiro atoms. The van der Waals surface area contributed by atoms with Gasteiger partial charge in [-0.05, 0) is 61.4 Å². The molecule has 28 heavy (non-hydrogen) atoms. The summed E-state index contributed by atoms with van der Waals surface area (Å²) >= 11 is 0. The molecule has 0 heterocycles. The Hall–Kier alpha value is -2.91. The molecule has 0 saturated carbocycles. The first kappa shape index (κ1) is 21.4. The van der Waals surface area contributed by atoms with E-state index < -0.39 is 15.9 Å². The number of benzene rings is 2. The number of amides is 3. The average Bonchev–Trinajstić information content (AvgIpc) is 2.64. The van der Waals surface area contributed by atoms with E-state index in [0.29, 0.717) is 22.5 Å². The lowest BCUT2D eigenvalue weighted by Crippen LogP contribution is -2.24. The van der Waals surface area contributed by atoms with Gasteiger partial charge in [0.1, 0.15) is 0 Å². The quantitative estimate of drug-likeness (QED) is 0.712. The Bertz CT molecular complexity index is 999. The van der Waals surface area contributed by atoms with Crippen LogP contribution in [0.1, 0.15) is 21.5 Å². The molecule has 0 aromatic heterocycles. The summed E-state index contributed by atoms with van der Waals surface area (Å²) in [5.41, 5.74) is 2.65. The molecule has 0 saturated heterocycles. The SMILES string of the molecule is CNC(=O)Nc1ccc(NC(=O)c2cc(C)c(C)c(S(=O)(=O)N(C)C)c2)cc1. The summed E-state index contributed by atoms with van der Waals surface area (Å²) in [6.07, 6.45) is 0. The summed E-state index contributed by atoms with van der Waals surface area (Å²) in [6, 6.07) is 9.26. The van der Waals surface area contributed by atoms with E-state index >= 15 is 0 Å². The molecule has 0 aliphatic carbocycles. The van der Waals surface area contributed by atoms with Crippen LogP contribution >= 0.6 is 0 Å². The number of rotatable bonds is 5. The Morgan fingerprint density at radius 2 is 1.46 bits per heavy atom. The second-order valence-corrected chi connectivity index (χ2v) is 8.56. The van der Waals surface area contributed by atoms with Crippen molar-refractivity contribution in [3.63, 3.8) is 0 Å². The largest absolute Gasteiger partial charge is 0.341 e. The van der Waals surface area contributed by atoms with Crippen molar-refractivity contribution in [1.29, 1.82) is 0 Å². The number of aryl methyl sites for hydroxylation is 1. The van der Waals surface area contributed by atoms with E-state index in [1.165, 1.54) is 27.2 Å². The van der Waals surface area contributed by atoms with Crippen molar-refractivity contribution in [2.75, 3.05) is 31.8 Å². The smallest absolute Gasteiger partial charge is 0.318 e. The minimum absolute atomic E-state index is 0.104. The summed E-state index contributed by atoms with van der Waals surface area (Å²) in [6.45, 7) is 3.48. The summed E-state index contributed by atoms with van der Waals surface area (Å²) in [4.78, 5) is 24.0. The molecule has 8 nitrogen and oxygen atoms in total. The Morgan fingerprint density at radius 3 is 1.96 bits per heavy atom. The van der Waals surface area contributed by atoms with Gasteiger partial charge in [-0.3, -0.25) is 4.79 Å². The highest BCUT2D eigenvalue weighted by Crippen LogP contribution is 2.24. The molecular weight excluding hydrogens is 380 g/mol. The molecular formula is C19H24N4O4S. The molecule has 0 unspecified atom stereocenters. The molecule has 2 aromatic rings. The van der Waals surface area contributed by atoms with E-state index in [4.69, 9.17) is 0 Å². The van der Waals surface area contributed by atoms with E-state index in [1.54, 1.807) is 44.2 Å². The Morgan fingerprint density at radius 1 is 0.929 bits per heavy atom. The third-order valence-electron chi connectivity index (χ3n) is 4.27. The predicted octanol–water partition coefficient (Wildman–Crippen LogP) is 2.56. The zero-order valence-corrected chi connectivity index (χ0v) is 17.3. The van der Waals surface area contributed by atoms with Crippen molar-refractivity contribution in [3.05, 3.63) is 53.1 Å². The number of nitrogens with zero attached hydrogens (tertiary/aromatic N) is 1. The first-order chi connectivity index (χ1) is 13.1. The number of sulfonamides is 1. The van der Waals surface area contributed by atoms with Crippen molar-refractivity contribution in [1.82, 2.24) is 9.62 Å². The Balaban J connectivity index is 2.28. The number of nitrogens with one attached hydrogen (secondary N) is 3. The molecule has 9 heteroatoms. The van der Waals surface area contributed by atoms with Gasteiger partial charge in [-0.25, -0.2) is 17.5 Å². The normalized spacial score (nSPS) is 11.2. The van der Waals surface area contributed by atoms with Crippen LogP contribution in [0.15, 0.2) is 41.3 Å². The van der Waals surface area contributed by atoms with E-state index in [1.807, 2.05) is 0 Å². The van der Waals surface area contributed by atoms with Crippen molar-refractivity contribution in [2.45, 2.75) is 18.7 Å². The van der Waals surface area contributed by atoms with Crippen LogP contribution in [0.3, 0.4) is 0 Å². The lowest BCUT2D eigenvalue weighted by Gasteiger charge is -2.16. The van der Waals surface area contributed by atoms with Crippen molar-refractivity contribution >= 4 is 33.3 Å². The summed E-state index contributed by atoms with van der Waals surface area (Å²) in [5, 5.41) is 7.79. The van der Waals surface area contributed by atoms with E-state index in [9.17, 15) is 18.0 Å². The summed E-state index contributed by atoms with van der Waals surface area (Å²) in [5.74, 6) is -0.426. The van der Waals surface area contributed by atoms with Crippen LogP contribution in [0.2, 0.25) is 0 Å². The molecule has 2 aromatic carbocycles. The second kappa shape index (κ2) is 8.41. The molecule has 3 amide bonds. The van der Waals surface area contributed by atoms with Gasteiger partial charge in [0.05, 0.1) is 4.90 Å². The topological polar surface area (TPSA) is 108 Å². The van der Waals surface area contributed by atoms with Gasteiger partial charge < -0.3 is 16.0 Å². The molecule has 0 radical (unpaired) electrons.